The van der Waals surface area contributed by atoms with E-state index in [1.807, 2.05) is 6.92 Å². The van der Waals surface area contributed by atoms with Gasteiger partial charge >= 0.3 is 5.97 Å². The molecule has 2 unspecified atom stereocenters. The molecule has 1 N–H and O–H groups in total. The van der Waals surface area contributed by atoms with Crippen molar-refractivity contribution >= 4 is 5.97 Å². The zero-order valence-corrected chi connectivity index (χ0v) is 14.0. The quantitative estimate of drug-likeness (QED) is 0.699. The molecule has 0 aliphatic heterocycles. The highest BCUT2D eigenvalue weighted by Gasteiger charge is 2.47. The summed E-state index contributed by atoms with van der Waals surface area (Å²) in [6.07, 6.45) is 9.02. The van der Waals surface area contributed by atoms with Gasteiger partial charge in [-0.3, -0.25) is 10.1 Å². The molecule has 2 fully saturated rings. The zero-order chi connectivity index (χ0) is 15.3. The number of ether oxygens (including phenoxy) is 1. The number of hydrogen-bond donors (Lipinski definition) is 1. The summed E-state index contributed by atoms with van der Waals surface area (Å²) < 4.78 is 5.40. The Balaban J connectivity index is 2.02. The monoisotopic (exact) mass is 296 g/mol. The van der Waals surface area contributed by atoms with E-state index in [4.69, 9.17) is 4.74 Å². The van der Waals surface area contributed by atoms with Crippen LogP contribution >= 0.6 is 0 Å². The summed E-state index contributed by atoms with van der Waals surface area (Å²) in [6.45, 7) is 5.73. The summed E-state index contributed by atoms with van der Waals surface area (Å²) in [5, 5.41) is 3.63. The molecule has 2 atom stereocenters. The van der Waals surface area contributed by atoms with Crippen LogP contribution in [-0.4, -0.2) is 48.7 Å². The summed E-state index contributed by atoms with van der Waals surface area (Å²) in [5.41, 5.74) is -0.430. The third-order valence-corrected chi connectivity index (χ3v) is 4.94. The smallest absolute Gasteiger partial charge is 0.326 e. The van der Waals surface area contributed by atoms with Gasteiger partial charge in [0, 0.05) is 12.1 Å². The summed E-state index contributed by atoms with van der Waals surface area (Å²) in [6, 6.07) is 1.04. The van der Waals surface area contributed by atoms with Gasteiger partial charge in [0.2, 0.25) is 0 Å². The first-order chi connectivity index (χ1) is 10.1. The van der Waals surface area contributed by atoms with E-state index >= 15 is 0 Å². The van der Waals surface area contributed by atoms with Gasteiger partial charge in [0.05, 0.1) is 6.61 Å². The molecule has 0 bridgehead atoms. The lowest BCUT2D eigenvalue weighted by atomic mass is 9.78. The molecule has 0 spiro atoms. The lowest BCUT2D eigenvalue weighted by Gasteiger charge is -2.42. The van der Waals surface area contributed by atoms with Crippen molar-refractivity contribution < 1.29 is 9.53 Å². The highest BCUT2D eigenvalue weighted by atomic mass is 16.5. The van der Waals surface area contributed by atoms with Crippen LogP contribution < -0.4 is 5.32 Å². The number of carbonyl (C=O) groups excluding carboxylic acids is 1. The number of esters is 1. The molecule has 0 aromatic carbocycles. The van der Waals surface area contributed by atoms with E-state index in [1.54, 1.807) is 0 Å². The second-order valence-electron chi connectivity index (χ2n) is 6.81. The Bertz CT molecular complexity index is 344. The SMILES string of the molecule is CCCCN(C)C1CCCC(NC2CC2)(C(=O)OCC)C1. The lowest BCUT2D eigenvalue weighted by Crippen LogP contribution is -2.59. The van der Waals surface area contributed by atoms with Gasteiger partial charge in [-0.05, 0) is 65.5 Å². The Kier molecular flexibility index (Phi) is 6.06. The molecule has 2 aliphatic carbocycles. The van der Waals surface area contributed by atoms with Crippen molar-refractivity contribution in [1.29, 1.82) is 0 Å². The minimum atomic E-state index is -0.430. The van der Waals surface area contributed by atoms with Crippen LogP contribution in [0.5, 0.6) is 0 Å². The molecule has 2 saturated carbocycles. The first-order valence-electron chi connectivity index (χ1n) is 8.76. The van der Waals surface area contributed by atoms with Gasteiger partial charge < -0.3 is 9.64 Å². The average molecular weight is 296 g/mol. The fraction of sp³-hybridized carbons (Fsp3) is 0.941. The molecule has 122 valence electrons. The van der Waals surface area contributed by atoms with Crippen molar-refractivity contribution in [3.63, 3.8) is 0 Å². The maximum absolute atomic E-state index is 12.6. The number of unbranched alkanes of at least 4 members (excludes halogenated alkanes) is 1. The van der Waals surface area contributed by atoms with Crippen LogP contribution in [-0.2, 0) is 9.53 Å². The molecule has 21 heavy (non-hydrogen) atoms. The van der Waals surface area contributed by atoms with Crippen LogP contribution in [0, 0.1) is 0 Å². The predicted molar refractivity (Wildman–Crippen MR) is 85.3 cm³/mol. The van der Waals surface area contributed by atoms with E-state index in [-0.39, 0.29) is 5.97 Å². The molecule has 4 nitrogen and oxygen atoms in total. The first kappa shape index (κ1) is 16.8. The van der Waals surface area contributed by atoms with Gasteiger partial charge in [-0.25, -0.2) is 0 Å². The predicted octanol–water partition coefficient (Wildman–Crippen LogP) is 2.71. The summed E-state index contributed by atoms with van der Waals surface area (Å²) >= 11 is 0. The number of carbonyl (C=O) groups is 1. The van der Waals surface area contributed by atoms with E-state index in [9.17, 15) is 4.79 Å². The van der Waals surface area contributed by atoms with Gasteiger partial charge in [0.1, 0.15) is 5.54 Å². The number of nitrogens with one attached hydrogen (secondary N) is 1. The van der Waals surface area contributed by atoms with E-state index < -0.39 is 5.54 Å². The van der Waals surface area contributed by atoms with Crippen LogP contribution in [0.25, 0.3) is 0 Å². The van der Waals surface area contributed by atoms with Crippen molar-refractivity contribution in [2.75, 3.05) is 20.2 Å². The van der Waals surface area contributed by atoms with Gasteiger partial charge in [-0.1, -0.05) is 13.3 Å². The Hall–Kier alpha value is -0.610. The molecule has 0 amide bonds. The number of rotatable bonds is 8. The fourth-order valence-electron chi connectivity index (χ4n) is 3.48. The van der Waals surface area contributed by atoms with Gasteiger partial charge in [0.25, 0.3) is 0 Å². The zero-order valence-electron chi connectivity index (χ0n) is 14.0. The Morgan fingerprint density at radius 1 is 1.33 bits per heavy atom. The van der Waals surface area contributed by atoms with Crippen LogP contribution in [0.3, 0.4) is 0 Å². The van der Waals surface area contributed by atoms with Crippen molar-refractivity contribution in [1.82, 2.24) is 10.2 Å². The van der Waals surface area contributed by atoms with Crippen molar-refractivity contribution in [3.8, 4) is 0 Å². The highest BCUT2D eigenvalue weighted by molar-refractivity contribution is 5.81. The first-order valence-corrected chi connectivity index (χ1v) is 8.76. The number of hydrogen-bond acceptors (Lipinski definition) is 4. The van der Waals surface area contributed by atoms with Gasteiger partial charge in [-0.15, -0.1) is 0 Å². The molecule has 0 radical (unpaired) electrons. The van der Waals surface area contributed by atoms with E-state index in [0.717, 1.165) is 25.8 Å². The van der Waals surface area contributed by atoms with Crippen molar-refractivity contribution in [2.24, 2.45) is 0 Å². The third kappa shape index (κ3) is 4.43. The van der Waals surface area contributed by atoms with Crippen LogP contribution in [0.15, 0.2) is 0 Å². The molecule has 0 saturated heterocycles. The van der Waals surface area contributed by atoms with Crippen molar-refractivity contribution in [3.05, 3.63) is 0 Å². The molecule has 0 aromatic rings. The highest BCUT2D eigenvalue weighted by Crippen LogP contribution is 2.35. The molecule has 2 rings (SSSR count). The minimum Gasteiger partial charge on any atom is -0.465 e. The standard InChI is InChI=1S/C17H32N2O2/c1-4-6-12-19(3)15-8-7-11-17(13-15,16(20)21-5-2)18-14-9-10-14/h14-15,18H,4-13H2,1-3H3. The van der Waals surface area contributed by atoms with E-state index in [0.29, 0.717) is 18.7 Å². The molecular weight excluding hydrogens is 264 g/mol. The molecule has 4 heteroatoms. The molecule has 2 aliphatic rings. The minimum absolute atomic E-state index is 0.0227. The summed E-state index contributed by atoms with van der Waals surface area (Å²) in [5.74, 6) is -0.0227. The topological polar surface area (TPSA) is 41.6 Å². The van der Waals surface area contributed by atoms with Crippen molar-refractivity contribution in [2.45, 2.75) is 82.8 Å². The molecular formula is C17H32N2O2. The normalized spacial score (nSPS) is 29.6. The summed E-state index contributed by atoms with van der Waals surface area (Å²) in [7, 11) is 2.21. The molecule has 0 heterocycles. The third-order valence-electron chi connectivity index (χ3n) is 4.94. The maximum atomic E-state index is 12.6. The van der Waals surface area contributed by atoms with E-state index in [2.05, 4.69) is 24.2 Å². The number of nitrogens with zero attached hydrogens (tertiary/aromatic N) is 1. The Morgan fingerprint density at radius 2 is 2.10 bits per heavy atom. The Labute approximate surface area is 129 Å². The fourth-order valence-corrected chi connectivity index (χ4v) is 3.48. The maximum Gasteiger partial charge on any atom is 0.326 e. The second-order valence-corrected chi connectivity index (χ2v) is 6.81. The summed E-state index contributed by atoms with van der Waals surface area (Å²) in [4.78, 5) is 15.0. The van der Waals surface area contributed by atoms with Gasteiger partial charge in [-0.2, -0.15) is 0 Å². The second kappa shape index (κ2) is 7.59. The lowest BCUT2D eigenvalue weighted by molar-refractivity contribution is -0.154. The van der Waals surface area contributed by atoms with Gasteiger partial charge in [0.15, 0.2) is 0 Å². The van der Waals surface area contributed by atoms with E-state index in [1.165, 1.54) is 32.1 Å². The molecule has 0 aromatic heterocycles. The average Bonchev–Trinajstić information content (AvgIpc) is 3.29. The Morgan fingerprint density at radius 3 is 2.71 bits per heavy atom. The van der Waals surface area contributed by atoms with Crippen LogP contribution in [0.1, 0.15) is 65.2 Å². The largest absolute Gasteiger partial charge is 0.465 e. The van der Waals surface area contributed by atoms with Crippen LogP contribution in [0.4, 0.5) is 0 Å². The van der Waals surface area contributed by atoms with Crippen LogP contribution in [0.2, 0.25) is 0 Å².